The highest BCUT2D eigenvalue weighted by Crippen LogP contribution is 2.36. The lowest BCUT2D eigenvalue weighted by molar-refractivity contribution is 0.0441. The number of azide groups is 2. The molecule has 0 spiro atoms. The number of rotatable bonds is 8. The van der Waals surface area contributed by atoms with Crippen LogP contribution in [0.4, 0.5) is 4.79 Å². The highest BCUT2D eigenvalue weighted by Gasteiger charge is 2.40. The van der Waals surface area contributed by atoms with Gasteiger partial charge in [-0.05, 0) is 80.8 Å². The second-order valence-corrected chi connectivity index (χ2v) is 10.3. The molecule has 0 N–H and O–H groups in total. The largest absolute Gasteiger partial charge is 0.442 e. The molecule has 5 rings (SSSR count). The van der Waals surface area contributed by atoms with Crippen molar-refractivity contribution in [1.82, 2.24) is 19.2 Å². The van der Waals surface area contributed by atoms with Gasteiger partial charge >= 0.3 is 6.09 Å². The third kappa shape index (κ3) is 5.02. The maximum absolute atomic E-state index is 13.9. The number of fused-ring (bicyclic) bond motifs is 2. The van der Waals surface area contributed by atoms with Gasteiger partial charge in [-0.2, -0.15) is 9.78 Å². The van der Waals surface area contributed by atoms with E-state index in [1.54, 1.807) is 20.0 Å². The maximum atomic E-state index is 13.9. The van der Waals surface area contributed by atoms with Gasteiger partial charge in [-0.3, -0.25) is 4.79 Å². The molecule has 0 radical (unpaired) electrons. The van der Waals surface area contributed by atoms with Crippen molar-refractivity contribution in [3.8, 4) is 0 Å². The Morgan fingerprint density at radius 3 is 2.68 bits per heavy atom. The molecule has 1 amide bonds. The van der Waals surface area contributed by atoms with Crippen molar-refractivity contribution in [1.29, 1.82) is 0 Å². The van der Waals surface area contributed by atoms with Crippen molar-refractivity contribution in [2.75, 3.05) is 6.54 Å². The van der Waals surface area contributed by atoms with E-state index in [0.717, 1.165) is 41.4 Å². The van der Waals surface area contributed by atoms with Gasteiger partial charge < -0.3 is 14.2 Å². The van der Waals surface area contributed by atoms with Gasteiger partial charge in [0.1, 0.15) is 12.3 Å². The molecule has 13 nitrogen and oxygen atoms in total. The number of aryl methyl sites for hydroxylation is 1. The number of nitrogens with zero attached hydrogens (tertiary/aromatic N) is 10. The average Bonchev–Trinajstić information content (AvgIpc) is 3.49. The van der Waals surface area contributed by atoms with E-state index < -0.39 is 11.7 Å². The first-order valence-corrected chi connectivity index (χ1v) is 12.5. The van der Waals surface area contributed by atoms with Gasteiger partial charge in [0.15, 0.2) is 0 Å². The van der Waals surface area contributed by atoms with Crippen LogP contribution in [0.1, 0.15) is 54.7 Å². The molecule has 1 aromatic carbocycles. The second kappa shape index (κ2) is 10.1. The lowest BCUT2D eigenvalue weighted by atomic mass is 9.91. The third-order valence-electron chi connectivity index (χ3n) is 7.00. The molecule has 1 atom stereocenters. The monoisotopic (exact) mass is 516 g/mol. The summed E-state index contributed by atoms with van der Waals surface area (Å²) in [6.45, 7) is 3.51. The molecule has 0 saturated heterocycles. The molecule has 196 valence electrons. The molecule has 2 aliphatic carbocycles. The van der Waals surface area contributed by atoms with Crippen molar-refractivity contribution in [2.45, 2.75) is 70.3 Å². The van der Waals surface area contributed by atoms with Gasteiger partial charge in [0, 0.05) is 50.8 Å². The van der Waals surface area contributed by atoms with Crippen LogP contribution in [0.5, 0.6) is 0 Å². The average molecular weight is 517 g/mol. The van der Waals surface area contributed by atoms with Gasteiger partial charge in [-0.25, -0.2) is 4.79 Å². The normalized spacial score (nSPS) is 16.7. The van der Waals surface area contributed by atoms with E-state index in [4.69, 9.17) is 15.8 Å². The first kappa shape index (κ1) is 25.2. The lowest BCUT2D eigenvalue weighted by Crippen LogP contribution is -2.44. The predicted octanol–water partition coefficient (Wildman–Crippen LogP) is 5.34. The Morgan fingerprint density at radius 1 is 1.16 bits per heavy atom. The first-order valence-electron chi connectivity index (χ1n) is 12.5. The van der Waals surface area contributed by atoms with Crippen LogP contribution in [0, 0.1) is 0 Å². The van der Waals surface area contributed by atoms with E-state index in [0.29, 0.717) is 18.4 Å². The zero-order valence-electron chi connectivity index (χ0n) is 21.3. The van der Waals surface area contributed by atoms with Crippen LogP contribution in [0.2, 0.25) is 0 Å². The van der Waals surface area contributed by atoms with Gasteiger partial charge in [-0.15, -0.1) is 0 Å². The molecule has 2 aromatic heterocycles. The summed E-state index contributed by atoms with van der Waals surface area (Å²) in [6, 6.07) is 7.67. The van der Waals surface area contributed by atoms with Gasteiger partial charge in [0.25, 0.3) is 5.91 Å². The zero-order chi connectivity index (χ0) is 26.9. The van der Waals surface area contributed by atoms with Crippen molar-refractivity contribution in [3.63, 3.8) is 0 Å². The van der Waals surface area contributed by atoms with E-state index in [-0.39, 0.29) is 31.2 Å². The van der Waals surface area contributed by atoms with Crippen LogP contribution in [-0.4, -0.2) is 55.5 Å². The highest BCUT2D eigenvalue weighted by atomic mass is 16.6. The van der Waals surface area contributed by atoms with Crippen molar-refractivity contribution in [3.05, 3.63) is 74.4 Å². The summed E-state index contributed by atoms with van der Waals surface area (Å²) in [5.74, 6) is -0.0142. The summed E-state index contributed by atoms with van der Waals surface area (Å²) in [4.78, 5) is 34.2. The molecule has 38 heavy (non-hydrogen) atoms. The van der Waals surface area contributed by atoms with Crippen LogP contribution in [0.3, 0.4) is 0 Å². The third-order valence-corrected chi connectivity index (χ3v) is 7.00. The smallest absolute Gasteiger partial charge is 0.435 e. The minimum Gasteiger partial charge on any atom is -0.442 e. The Kier molecular flexibility index (Phi) is 6.71. The topological polar surface area (TPSA) is 167 Å². The lowest BCUT2D eigenvalue weighted by Gasteiger charge is -2.34. The fourth-order valence-electron chi connectivity index (χ4n) is 5.09. The molecule has 1 saturated carbocycles. The maximum Gasteiger partial charge on any atom is 0.435 e. The summed E-state index contributed by atoms with van der Waals surface area (Å²) in [5, 5.41) is 12.4. The number of benzene rings is 1. The van der Waals surface area contributed by atoms with Crippen molar-refractivity contribution in [2.24, 2.45) is 10.2 Å². The van der Waals surface area contributed by atoms with Crippen LogP contribution < -0.4 is 0 Å². The van der Waals surface area contributed by atoms with Gasteiger partial charge in [-0.1, -0.05) is 16.3 Å². The molecule has 2 heterocycles. The molecule has 1 fully saturated rings. The minimum atomic E-state index is -0.964. The molecular weight excluding hydrogens is 488 g/mol. The Hall–Kier alpha value is -4.47. The number of carbonyl (C=O) groups excluding carboxylic acids is 2. The summed E-state index contributed by atoms with van der Waals surface area (Å²) in [7, 11) is 0. The number of ether oxygens (including phenoxy) is 1. The van der Waals surface area contributed by atoms with E-state index in [1.807, 2.05) is 39.9 Å². The Labute approximate surface area is 218 Å². The van der Waals surface area contributed by atoms with E-state index in [2.05, 4.69) is 25.2 Å². The van der Waals surface area contributed by atoms with E-state index in [9.17, 15) is 9.59 Å². The Morgan fingerprint density at radius 2 is 1.95 bits per heavy atom. The highest BCUT2D eigenvalue weighted by molar-refractivity contribution is 6.07. The predicted molar refractivity (Wildman–Crippen MR) is 138 cm³/mol. The van der Waals surface area contributed by atoms with Crippen molar-refractivity contribution >= 4 is 22.9 Å². The summed E-state index contributed by atoms with van der Waals surface area (Å²) < 4.78 is 8.51. The van der Waals surface area contributed by atoms with Crippen LogP contribution in [0.15, 0.2) is 46.9 Å². The molecule has 0 bridgehead atoms. The molecule has 13 heteroatoms. The fourth-order valence-corrected chi connectivity index (χ4v) is 5.09. The molecular formula is C25H28N10O3. The summed E-state index contributed by atoms with van der Waals surface area (Å²) in [5.41, 5.74) is 19.5. The van der Waals surface area contributed by atoms with Crippen LogP contribution >= 0.6 is 0 Å². The quantitative estimate of drug-likeness (QED) is 0.224. The van der Waals surface area contributed by atoms with E-state index in [1.165, 1.54) is 4.68 Å². The Bertz CT molecular complexity index is 1490. The fraction of sp³-hybridized carbons (Fsp3) is 0.480. The molecule has 2 aliphatic rings. The number of aromatic nitrogens is 3. The number of amides is 1. The second-order valence-electron chi connectivity index (χ2n) is 10.3. The summed E-state index contributed by atoms with van der Waals surface area (Å²) >= 11 is 0. The van der Waals surface area contributed by atoms with Gasteiger partial charge in [0.2, 0.25) is 0 Å². The zero-order valence-corrected chi connectivity index (χ0v) is 21.3. The van der Waals surface area contributed by atoms with Crippen molar-refractivity contribution < 1.29 is 14.3 Å². The Balaban J connectivity index is 1.36. The molecule has 1 unspecified atom stereocenters. The van der Waals surface area contributed by atoms with Crippen LogP contribution in [-0.2, 0) is 24.2 Å². The van der Waals surface area contributed by atoms with Gasteiger partial charge in [0.05, 0.1) is 12.2 Å². The van der Waals surface area contributed by atoms with E-state index >= 15 is 0 Å². The standard InChI is InChI=1S/C25H28N10O3/c1-25(2,14-28-31-26)38-24(37)34-13-16-12-18(8-9-21(16)30-34)35(17-6-7-17)23(36)20-4-3-5-22-19(20)10-11-33(22)15-29-32-27/h3-5,10-11,13,17-18H,6-9,12,14-15H2,1-2H3. The summed E-state index contributed by atoms with van der Waals surface area (Å²) in [6.07, 6.45) is 6.79. The van der Waals surface area contributed by atoms with Crippen LogP contribution in [0.25, 0.3) is 31.8 Å². The number of carbonyl (C=O) groups is 2. The molecule has 3 aromatic rings. The SMILES string of the molecule is CC(C)(CN=[N+]=[N-])OC(=O)n1cc2c(n1)CCC(N(C(=O)c1cccc3c1ccn3CN=[N+]=[N-])C1CC1)C2. The first-order chi connectivity index (χ1) is 18.3. The number of hydrogen-bond acceptors (Lipinski definition) is 6. The molecule has 0 aliphatic heterocycles. The minimum absolute atomic E-state index is 0.0123. The number of hydrogen-bond donors (Lipinski definition) is 0.